The number of nitrogens with zero attached hydrogens (tertiary/aromatic N) is 4. The van der Waals surface area contributed by atoms with Crippen molar-refractivity contribution in [3.8, 4) is 6.07 Å². The number of nitrogens with one attached hydrogen (secondary N) is 3. The minimum atomic E-state index is -4.75. The Morgan fingerprint density at radius 1 is 1.26 bits per heavy atom. The number of hydrogen-bond donors (Lipinski definition) is 3. The van der Waals surface area contributed by atoms with Gasteiger partial charge in [0.25, 0.3) is 11.8 Å². The summed E-state index contributed by atoms with van der Waals surface area (Å²) in [7, 11) is 0. The number of aromatic nitrogens is 1. The molecule has 2 aliphatic heterocycles. The van der Waals surface area contributed by atoms with E-state index in [0.717, 1.165) is 17.1 Å². The molecule has 1 spiro atoms. The van der Waals surface area contributed by atoms with Crippen molar-refractivity contribution in [2.24, 2.45) is 5.41 Å². The van der Waals surface area contributed by atoms with Gasteiger partial charge in [-0.1, -0.05) is 20.8 Å². The third kappa shape index (κ3) is 5.74. The fourth-order valence-corrected chi connectivity index (χ4v) is 3.94. The molecular formula is C21H26F3N7O3. The highest BCUT2D eigenvalue weighted by Crippen LogP contribution is 2.36. The average molecular weight is 481 g/mol. The molecule has 0 bridgehead atoms. The summed E-state index contributed by atoms with van der Waals surface area (Å²) in [5.74, 6) is -1.53. The van der Waals surface area contributed by atoms with Crippen molar-refractivity contribution < 1.29 is 27.6 Å². The predicted molar refractivity (Wildman–Crippen MR) is 114 cm³/mol. The summed E-state index contributed by atoms with van der Waals surface area (Å²) in [5.41, 5.74) is -0.291. The SMILES string of the molecule is CC(C)(C)CN(NC(=O)CN1CCC2(CC1)NC(=O)NC2=O)c1nc(C#N)ccc1C(F)(F)F. The van der Waals surface area contributed by atoms with E-state index in [1.807, 2.05) is 0 Å². The second kappa shape index (κ2) is 9.09. The number of imide groups is 1. The zero-order valence-electron chi connectivity index (χ0n) is 19.0. The van der Waals surface area contributed by atoms with E-state index in [4.69, 9.17) is 5.26 Å². The maximum absolute atomic E-state index is 13.7. The molecule has 2 fully saturated rings. The van der Waals surface area contributed by atoms with E-state index < -0.39 is 46.4 Å². The van der Waals surface area contributed by atoms with Gasteiger partial charge in [0, 0.05) is 19.6 Å². The number of carbonyl (C=O) groups excluding carboxylic acids is 3. The third-order valence-electron chi connectivity index (χ3n) is 5.53. The number of amides is 4. The molecule has 0 saturated carbocycles. The van der Waals surface area contributed by atoms with Crippen molar-refractivity contribution in [1.82, 2.24) is 25.9 Å². The first kappa shape index (κ1) is 25.2. The van der Waals surface area contributed by atoms with Crippen LogP contribution in [0.25, 0.3) is 0 Å². The molecule has 3 heterocycles. The normalized spacial score (nSPS) is 18.3. The van der Waals surface area contributed by atoms with Crippen LogP contribution in [0.2, 0.25) is 0 Å². The van der Waals surface area contributed by atoms with Crippen molar-refractivity contribution in [2.45, 2.75) is 45.3 Å². The fraction of sp³-hybridized carbons (Fsp3) is 0.571. The van der Waals surface area contributed by atoms with Crippen LogP contribution in [0.3, 0.4) is 0 Å². The summed E-state index contributed by atoms with van der Waals surface area (Å²) in [6, 6.07) is 2.92. The van der Waals surface area contributed by atoms with E-state index in [0.29, 0.717) is 25.9 Å². The van der Waals surface area contributed by atoms with Crippen molar-refractivity contribution >= 4 is 23.7 Å². The Kier molecular flexibility index (Phi) is 6.75. The largest absolute Gasteiger partial charge is 0.420 e. The summed E-state index contributed by atoms with van der Waals surface area (Å²) in [6.45, 7) is 5.90. The molecular weight excluding hydrogens is 455 g/mol. The summed E-state index contributed by atoms with van der Waals surface area (Å²) in [6.07, 6.45) is -4.15. The van der Waals surface area contributed by atoms with Gasteiger partial charge in [-0.2, -0.15) is 18.4 Å². The van der Waals surface area contributed by atoms with Gasteiger partial charge in [-0.15, -0.1) is 0 Å². The van der Waals surface area contributed by atoms with Crippen LogP contribution in [-0.4, -0.2) is 59.4 Å². The molecule has 0 unspecified atom stereocenters. The van der Waals surface area contributed by atoms with E-state index in [9.17, 15) is 27.6 Å². The summed E-state index contributed by atoms with van der Waals surface area (Å²) >= 11 is 0. The lowest BCUT2D eigenvalue weighted by atomic mass is 9.88. The molecule has 0 atom stereocenters. The lowest BCUT2D eigenvalue weighted by Gasteiger charge is -2.37. The van der Waals surface area contributed by atoms with Crippen LogP contribution in [0, 0.1) is 16.7 Å². The highest BCUT2D eigenvalue weighted by Gasteiger charge is 2.48. The van der Waals surface area contributed by atoms with E-state index in [-0.39, 0.29) is 18.8 Å². The number of likely N-dealkylation sites (tertiary alicyclic amines) is 1. The first-order valence-electron chi connectivity index (χ1n) is 10.6. The topological polar surface area (TPSA) is 130 Å². The summed E-state index contributed by atoms with van der Waals surface area (Å²) < 4.78 is 41.0. The predicted octanol–water partition coefficient (Wildman–Crippen LogP) is 1.53. The van der Waals surface area contributed by atoms with E-state index in [1.165, 1.54) is 0 Å². The number of pyridine rings is 1. The third-order valence-corrected chi connectivity index (χ3v) is 5.53. The number of rotatable bonds is 5. The molecule has 0 aromatic carbocycles. The van der Waals surface area contributed by atoms with Crippen LogP contribution in [-0.2, 0) is 15.8 Å². The first-order valence-corrected chi connectivity index (χ1v) is 10.6. The standard InChI is InChI=1S/C21H26F3N7O3/c1-19(2,3)12-31(16-14(21(22,23)24)5-4-13(10-25)26-16)29-15(32)11-30-8-6-20(7-9-30)17(33)27-18(34)28-20/h4-5H,6-9,11-12H2,1-3H3,(H,29,32)(H2,27,28,33,34). The van der Waals surface area contributed by atoms with Crippen LogP contribution in [0.4, 0.5) is 23.8 Å². The molecule has 13 heteroatoms. The number of hydrogen-bond acceptors (Lipinski definition) is 7. The number of nitriles is 1. The zero-order valence-corrected chi connectivity index (χ0v) is 19.0. The van der Waals surface area contributed by atoms with Crippen molar-refractivity contribution in [3.05, 3.63) is 23.4 Å². The number of anilines is 1. The Bertz CT molecular complexity index is 1020. The van der Waals surface area contributed by atoms with Crippen molar-refractivity contribution in [2.75, 3.05) is 31.2 Å². The highest BCUT2D eigenvalue weighted by molar-refractivity contribution is 6.07. The van der Waals surface area contributed by atoms with Crippen molar-refractivity contribution in [1.29, 1.82) is 5.26 Å². The first-order chi connectivity index (χ1) is 15.7. The monoisotopic (exact) mass is 481 g/mol. The minimum Gasteiger partial charge on any atom is -0.323 e. The maximum atomic E-state index is 13.7. The molecule has 10 nitrogen and oxygen atoms in total. The molecule has 2 aliphatic rings. The van der Waals surface area contributed by atoms with E-state index in [1.54, 1.807) is 31.7 Å². The van der Waals surface area contributed by atoms with Crippen LogP contribution < -0.4 is 21.1 Å². The van der Waals surface area contributed by atoms with E-state index in [2.05, 4.69) is 21.0 Å². The number of carbonyl (C=O) groups is 3. The molecule has 2 saturated heterocycles. The Labute approximate surface area is 194 Å². The Morgan fingerprint density at radius 3 is 2.41 bits per heavy atom. The molecule has 1 aromatic rings. The fourth-order valence-electron chi connectivity index (χ4n) is 3.94. The number of urea groups is 1. The van der Waals surface area contributed by atoms with E-state index >= 15 is 0 Å². The molecule has 1 aromatic heterocycles. The van der Waals surface area contributed by atoms with Gasteiger partial charge in [0.2, 0.25) is 0 Å². The Morgan fingerprint density at radius 2 is 1.91 bits per heavy atom. The van der Waals surface area contributed by atoms with Crippen LogP contribution in [0.5, 0.6) is 0 Å². The van der Waals surface area contributed by atoms with Crippen LogP contribution in [0.1, 0.15) is 44.9 Å². The molecule has 34 heavy (non-hydrogen) atoms. The van der Waals surface area contributed by atoms with Gasteiger partial charge in [-0.05, 0) is 30.4 Å². The zero-order chi connectivity index (χ0) is 25.3. The van der Waals surface area contributed by atoms with Crippen LogP contribution >= 0.6 is 0 Å². The lowest BCUT2D eigenvalue weighted by molar-refractivity contribution is -0.137. The molecule has 3 N–H and O–H groups in total. The summed E-state index contributed by atoms with van der Waals surface area (Å²) in [5, 5.41) is 15.0. The molecule has 4 amide bonds. The number of piperidine rings is 1. The molecule has 0 radical (unpaired) electrons. The average Bonchev–Trinajstić information content (AvgIpc) is 2.99. The minimum absolute atomic E-state index is 0.000976. The Balaban J connectivity index is 1.75. The quantitative estimate of drug-likeness (QED) is 0.430. The van der Waals surface area contributed by atoms with Gasteiger partial charge in [-0.25, -0.2) is 9.78 Å². The highest BCUT2D eigenvalue weighted by atomic mass is 19.4. The molecule has 3 rings (SSSR count). The second-order valence-electron chi connectivity index (χ2n) is 9.63. The lowest BCUT2D eigenvalue weighted by Crippen LogP contribution is -2.57. The number of hydrazine groups is 1. The summed E-state index contributed by atoms with van der Waals surface area (Å²) in [4.78, 5) is 41.9. The molecule has 0 aliphatic carbocycles. The van der Waals surface area contributed by atoms with Gasteiger partial charge >= 0.3 is 12.2 Å². The smallest absolute Gasteiger partial charge is 0.323 e. The number of halogens is 3. The Hall–Kier alpha value is -3.40. The van der Waals surface area contributed by atoms with Crippen molar-refractivity contribution in [3.63, 3.8) is 0 Å². The van der Waals surface area contributed by atoms with Gasteiger partial charge in [-0.3, -0.25) is 30.2 Å². The van der Waals surface area contributed by atoms with Crippen LogP contribution in [0.15, 0.2) is 12.1 Å². The maximum Gasteiger partial charge on any atom is 0.420 e. The van der Waals surface area contributed by atoms with Gasteiger partial charge in [0.1, 0.15) is 17.3 Å². The molecule has 184 valence electrons. The van der Waals surface area contributed by atoms with Gasteiger partial charge in [0.05, 0.1) is 12.1 Å². The van der Waals surface area contributed by atoms with Gasteiger partial charge in [0.15, 0.2) is 5.82 Å². The number of alkyl halides is 3. The van der Waals surface area contributed by atoms with Gasteiger partial charge < -0.3 is 5.32 Å². The second-order valence-corrected chi connectivity index (χ2v) is 9.63.